The number of carbonyl (C=O) groups excluding carboxylic acids is 2. The molecule has 0 bridgehead atoms. The molecule has 3 rings (SSSR count). The second kappa shape index (κ2) is 10.0. The van der Waals surface area contributed by atoms with Gasteiger partial charge >= 0.3 is 11.8 Å². The predicted molar refractivity (Wildman–Crippen MR) is 112 cm³/mol. The summed E-state index contributed by atoms with van der Waals surface area (Å²) in [6.45, 7) is 1.99. The number of ether oxygens (including phenoxy) is 1. The van der Waals surface area contributed by atoms with Crippen LogP contribution in [0, 0.1) is 0 Å². The summed E-state index contributed by atoms with van der Waals surface area (Å²) in [7, 11) is 0. The van der Waals surface area contributed by atoms with Crippen molar-refractivity contribution in [2.24, 2.45) is 0 Å². The number of amides is 2. The molecule has 2 amide bonds. The summed E-state index contributed by atoms with van der Waals surface area (Å²) in [6, 6.07) is 19.4. The minimum Gasteiger partial charge on any atom is -0.445 e. The molecule has 1 unspecified atom stereocenters. The van der Waals surface area contributed by atoms with Crippen LogP contribution in [0.2, 0.25) is 0 Å². The summed E-state index contributed by atoms with van der Waals surface area (Å²) < 4.78 is 6.53. The molecule has 0 radical (unpaired) electrons. The molecule has 0 aliphatic carbocycles. The molecule has 0 saturated heterocycles. The second-order valence-corrected chi connectivity index (χ2v) is 6.63. The van der Waals surface area contributed by atoms with Gasteiger partial charge in [0.25, 0.3) is 0 Å². The number of carbonyl (C=O) groups is 2. The molecule has 0 aliphatic heterocycles. The van der Waals surface area contributed by atoms with Crippen LogP contribution in [-0.2, 0) is 22.7 Å². The van der Waals surface area contributed by atoms with Gasteiger partial charge in [0.15, 0.2) is 0 Å². The van der Waals surface area contributed by atoms with Gasteiger partial charge in [-0.25, -0.2) is 9.59 Å². The summed E-state index contributed by atoms with van der Waals surface area (Å²) in [5.41, 5.74) is 1.31. The highest BCUT2D eigenvalue weighted by Crippen LogP contribution is 2.04. The summed E-state index contributed by atoms with van der Waals surface area (Å²) in [6.07, 6.45) is 0.845. The van der Waals surface area contributed by atoms with E-state index in [-0.39, 0.29) is 12.4 Å². The van der Waals surface area contributed by atoms with Crippen LogP contribution in [0.5, 0.6) is 0 Å². The van der Waals surface area contributed by atoms with Gasteiger partial charge in [-0.05, 0) is 24.1 Å². The van der Waals surface area contributed by atoms with E-state index >= 15 is 0 Å². The van der Waals surface area contributed by atoms with Crippen molar-refractivity contribution in [1.29, 1.82) is 0 Å². The predicted octanol–water partition coefficient (Wildman–Crippen LogP) is 2.55. The van der Waals surface area contributed by atoms with Gasteiger partial charge in [-0.15, -0.1) is 0 Å². The van der Waals surface area contributed by atoms with Crippen molar-refractivity contribution in [3.8, 4) is 0 Å². The number of nitrogens with one attached hydrogen (secondary N) is 2. The van der Waals surface area contributed by atoms with Crippen LogP contribution in [-0.4, -0.2) is 27.6 Å². The second-order valence-electron chi connectivity index (χ2n) is 6.63. The van der Waals surface area contributed by atoms with E-state index in [0.717, 1.165) is 11.1 Å². The van der Waals surface area contributed by atoms with Crippen LogP contribution in [0.25, 0.3) is 0 Å². The standard InChI is InChI=1S/C22H22N4O4/c1-16(23-22(29)30-15-18-10-6-3-7-11-18)20(27)24-19-12-13-26(21(28)25-19)14-17-8-4-2-5-9-17/h2-13,16H,14-15H2,1H3,(H,23,29)(H,24,25,27,28). The van der Waals surface area contributed by atoms with Crippen LogP contribution >= 0.6 is 0 Å². The first kappa shape index (κ1) is 20.8. The molecule has 1 aromatic heterocycles. The number of hydrogen-bond acceptors (Lipinski definition) is 5. The zero-order valence-corrected chi connectivity index (χ0v) is 16.4. The maximum atomic E-state index is 12.3. The Kier molecular flexibility index (Phi) is 6.94. The van der Waals surface area contributed by atoms with Crippen molar-refractivity contribution in [2.75, 3.05) is 5.32 Å². The Hall–Kier alpha value is -3.94. The maximum absolute atomic E-state index is 12.3. The number of nitrogens with zero attached hydrogens (tertiary/aromatic N) is 2. The number of anilines is 1. The fourth-order valence-corrected chi connectivity index (χ4v) is 2.64. The Morgan fingerprint density at radius 3 is 2.27 bits per heavy atom. The zero-order chi connectivity index (χ0) is 21.3. The quantitative estimate of drug-likeness (QED) is 0.628. The number of aromatic nitrogens is 2. The topological polar surface area (TPSA) is 102 Å². The number of rotatable bonds is 7. The molecule has 30 heavy (non-hydrogen) atoms. The molecule has 1 atom stereocenters. The van der Waals surface area contributed by atoms with Crippen molar-refractivity contribution >= 4 is 17.8 Å². The van der Waals surface area contributed by atoms with Crippen LogP contribution in [0.4, 0.5) is 10.6 Å². The maximum Gasteiger partial charge on any atom is 0.408 e. The number of hydrogen-bond donors (Lipinski definition) is 2. The van der Waals surface area contributed by atoms with Crippen LogP contribution in [0.15, 0.2) is 77.7 Å². The molecule has 154 valence electrons. The van der Waals surface area contributed by atoms with Gasteiger partial charge in [0.2, 0.25) is 5.91 Å². The lowest BCUT2D eigenvalue weighted by molar-refractivity contribution is -0.117. The highest BCUT2D eigenvalue weighted by atomic mass is 16.5. The van der Waals surface area contributed by atoms with Crippen molar-refractivity contribution in [3.63, 3.8) is 0 Å². The van der Waals surface area contributed by atoms with Gasteiger partial charge in [0, 0.05) is 6.20 Å². The Morgan fingerprint density at radius 1 is 1.00 bits per heavy atom. The first-order valence-electron chi connectivity index (χ1n) is 9.41. The molecule has 2 aromatic carbocycles. The van der Waals surface area contributed by atoms with Gasteiger partial charge in [-0.1, -0.05) is 60.7 Å². The molecule has 3 aromatic rings. The van der Waals surface area contributed by atoms with Crippen LogP contribution in [0.1, 0.15) is 18.1 Å². The smallest absolute Gasteiger partial charge is 0.408 e. The molecule has 8 heteroatoms. The Bertz CT molecular complexity index is 1050. The molecule has 0 spiro atoms. The molecule has 0 saturated carbocycles. The Labute approximate surface area is 173 Å². The average Bonchev–Trinajstić information content (AvgIpc) is 2.75. The van der Waals surface area contributed by atoms with Crippen LogP contribution in [0.3, 0.4) is 0 Å². The van der Waals surface area contributed by atoms with Gasteiger partial charge in [0.05, 0.1) is 6.54 Å². The molecule has 0 aliphatic rings. The average molecular weight is 406 g/mol. The lowest BCUT2D eigenvalue weighted by Crippen LogP contribution is -2.42. The lowest BCUT2D eigenvalue weighted by atomic mass is 10.2. The van der Waals surface area contributed by atoms with Crippen molar-refractivity contribution < 1.29 is 14.3 Å². The third-order valence-electron chi connectivity index (χ3n) is 4.26. The zero-order valence-electron chi connectivity index (χ0n) is 16.4. The van der Waals surface area contributed by atoms with E-state index in [1.807, 2.05) is 60.7 Å². The molecule has 8 nitrogen and oxygen atoms in total. The van der Waals surface area contributed by atoms with Gasteiger partial charge < -0.3 is 15.4 Å². The lowest BCUT2D eigenvalue weighted by Gasteiger charge is -2.14. The first-order chi connectivity index (χ1) is 14.5. The molecule has 2 N–H and O–H groups in total. The van der Waals surface area contributed by atoms with E-state index in [1.165, 1.54) is 17.6 Å². The minimum atomic E-state index is -0.873. The van der Waals surface area contributed by atoms with E-state index in [0.29, 0.717) is 6.54 Å². The normalized spacial score (nSPS) is 11.4. The molecule has 1 heterocycles. The fourth-order valence-electron chi connectivity index (χ4n) is 2.64. The highest BCUT2D eigenvalue weighted by molar-refractivity contribution is 5.95. The number of benzene rings is 2. The van der Waals surface area contributed by atoms with Gasteiger partial charge in [-0.3, -0.25) is 9.36 Å². The number of alkyl carbamates (subject to hydrolysis) is 1. The Morgan fingerprint density at radius 2 is 1.63 bits per heavy atom. The highest BCUT2D eigenvalue weighted by Gasteiger charge is 2.17. The van der Waals surface area contributed by atoms with E-state index in [4.69, 9.17) is 4.74 Å². The fraction of sp³-hybridized carbons (Fsp3) is 0.182. The first-order valence-corrected chi connectivity index (χ1v) is 9.41. The van der Waals surface area contributed by atoms with E-state index < -0.39 is 23.7 Å². The summed E-state index contributed by atoms with van der Waals surface area (Å²) in [5.74, 6) is -0.403. The van der Waals surface area contributed by atoms with Crippen molar-refractivity contribution in [3.05, 3.63) is 94.5 Å². The van der Waals surface area contributed by atoms with Crippen LogP contribution < -0.4 is 16.3 Å². The Balaban J connectivity index is 1.51. The monoisotopic (exact) mass is 406 g/mol. The minimum absolute atomic E-state index is 0.0994. The van der Waals surface area contributed by atoms with E-state index in [1.54, 1.807) is 6.20 Å². The third kappa shape index (κ3) is 6.03. The van der Waals surface area contributed by atoms with E-state index in [9.17, 15) is 14.4 Å². The van der Waals surface area contributed by atoms with Crippen molar-refractivity contribution in [1.82, 2.24) is 14.9 Å². The third-order valence-corrected chi connectivity index (χ3v) is 4.26. The summed E-state index contributed by atoms with van der Waals surface area (Å²) in [4.78, 5) is 40.2. The molecular formula is C22H22N4O4. The summed E-state index contributed by atoms with van der Waals surface area (Å²) in [5, 5.41) is 4.96. The molecule has 0 fully saturated rings. The summed E-state index contributed by atoms with van der Waals surface area (Å²) >= 11 is 0. The van der Waals surface area contributed by atoms with Gasteiger partial charge in [-0.2, -0.15) is 4.98 Å². The van der Waals surface area contributed by atoms with E-state index in [2.05, 4.69) is 15.6 Å². The van der Waals surface area contributed by atoms with Crippen molar-refractivity contribution in [2.45, 2.75) is 26.1 Å². The molecular weight excluding hydrogens is 384 g/mol. The largest absolute Gasteiger partial charge is 0.445 e. The van der Waals surface area contributed by atoms with Gasteiger partial charge in [0.1, 0.15) is 18.5 Å². The SMILES string of the molecule is CC(NC(=O)OCc1ccccc1)C(=O)Nc1ccn(Cc2ccccc2)c(=O)n1.